The van der Waals surface area contributed by atoms with E-state index in [1.165, 1.54) is 35.4 Å². The second-order valence-corrected chi connectivity index (χ2v) is 9.75. The van der Waals surface area contributed by atoms with Crippen LogP contribution < -0.4 is 10.3 Å². The highest BCUT2D eigenvalue weighted by molar-refractivity contribution is 5.87. The summed E-state index contributed by atoms with van der Waals surface area (Å²) in [5, 5.41) is 9.11. The van der Waals surface area contributed by atoms with Crippen molar-refractivity contribution in [1.82, 2.24) is 9.47 Å². The van der Waals surface area contributed by atoms with Crippen molar-refractivity contribution >= 4 is 5.97 Å². The summed E-state index contributed by atoms with van der Waals surface area (Å²) in [4.78, 5) is 26.0. The zero-order chi connectivity index (χ0) is 25.2. The predicted octanol–water partition coefficient (Wildman–Crippen LogP) is 5.47. The Hall–Kier alpha value is -3.45. The fraction of sp³-hybridized carbons (Fsp3) is 0.379. The second-order valence-electron chi connectivity index (χ2n) is 9.75. The standard InChI is InChI=1S/C29H31FN2O4/c1-2-36-26-16-19(15-25(20-3-4-20)28(26)21-5-7-23(30)8-6-21)18-31-12-10-24(11-13-31)32-14-9-22(29(34)35)17-27(32)33/h5-9,14-17,20,24H,2-4,10-13,18H2,1H3,(H,34,35). The molecular weight excluding hydrogens is 459 g/mol. The number of hydrogen-bond donors (Lipinski definition) is 1. The normalized spacial score (nSPS) is 16.7. The number of nitrogens with zero attached hydrogens (tertiary/aromatic N) is 2. The van der Waals surface area contributed by atoms with Gasteiger partial charge in [-0.3, -0.25) is 9.69 Å². The summed E-state index contributed by atoms with van der Waals surface area (Å²) in [5.41, 5.74) is 4.30. The van der Waals surface area contributed by atoms with Crippen molar-refractivity contribution in [3.63, 3.8) is 0 Å². The van der Waals surface area contributed by atoms with Crippen LogP contribution in [0.3, 0.4) is 0 Å². The number of ether oxygens (including phenoxy) is 1. The van der Waals surface area contributed by atoms with Gasteiger partial charge in [-0.15, -0.1) is 0 Å². The first-order valence-electron chi connectivity index (χ1n) is 12.7. The maximum absolute atomic E-state index is 13.6. The lowest BCUT2D eigenvalue weighted by atomic mass is 9.93. The van der Waals surface area contributed by atoms with Crippen LogP contribution in [0.15, 0.2) is 59.5 Å². The van der Waals surface area contributed by atoms with Crippen LogP contribution in [0.2, 0.25) is 0 Å². The molecule has 1 N–H and O–H groups in total. The van der Waals surface area contributed by atoms with Gasteiger partial charge < -0.3 is 14.4 Å². The number of pyridine rings is 1. The molecule has 6 nitrogen and oxygen atoms in total. The lowest BCUT2D eigenvalue weighted by Crippen LogP contribution is -2.37. The molecule has 0 bridgehead atoms. The van der Waals surface area contributed by atoms with Crippen molar-refractivity contribution in [3.05, 3.63) is 87.6 Å². The fourth-order valence-corrected chi connectivity index (χ4v) is 5.24. The van der Waals surface area contributed by atoms with E-state index in [-0.39, 0.29) is 23.0 Å². The lowest BCUT2D eigenvalue weighted by molar-refractivity contribution is 0.0696. The molecule has 0 unspecified atom stereocenters. The minimum atomic E-state index is -1.09. The SMILES string of the molecule is CCOc1cc(CN2CCC(n3ccc(C(=O)O)cc3=O)CC2)cc(C2CC2)c1-c1ccc(F)cc1. The molecule has 2 aliphatic rings. The molecule has 0 radical (unpaired) electrons. The molecule has 3 aromatic rings. The van der Waals surface area contributed by atoms with Gasteiger partial charge >= 0.3 is 5.97 Å². The minimum absolute atomic E-state index is 0.0225. The Morgan fingerprint density at radius 1 is 1.06 bits per heavy atom. The van der Waals surface area contributed by atoms with E-state index in [1.807, 2.05) is 19.1 Å². The van der Waals surface area contributed by atoms with Crippen molar-refractivity contribution in [2.75, 3.05) is 19.7 Å². The largest absolute Gasteiger partial charge is 0.493 e. The van der Waals surface area contributed by atoms with Crippen LogP contribution in [0.5, 0.6) is 5.75 Å². The summed E-state index contributed by atoms with van der Waals surface area (Å²) in [7, 11) is 0. The van der Waals surface area contributed by atoms with Crippen molar-refractivity contribution in [2.45, 2.75) is 51.1 Å². The fourth-order valence-electron chi connectivity index (χ4n) is 5.24. The third-order valence-corrected chi connectivity index (χ3v) is 7.19. The van der Waals surface area contributed by atoms with E-state index >= 15 is 0 Å². The number of halogens is 1. The Bertz CT molecular complexity index is 1310. The Morgan fingerprint density at radius 2 is 1.78 bits per heavy atom. The summed E-state index contributed by atoms with van der Waals surface area (Å²) in [5.74, 6) is 0.0281. The van der Waals surface area contributed by atoms with Crippen molar-refractivity contribution in [3.8, 4) is 16.9 Å². The zero-order valence-electron chi connectivity index (χ0n) is 20.5. The summed E-state index contributed by atoms with van der Waals surface area (Å²) in [6.07, 6.45) is 5.58. The smallest absolute Gasteiger partial charge is 0.335 e. The van der Waals surface area contributed by atoms with Gasteiger partial charge in [0, 0.05) is 43.5 Å². The Morgan fingerprint density at radius 3 is 2.39 bits per heavy atom. The van der Waals surface area contributed by atoms with E-state index in [0.29, 0.717) is 12.5 Å². The molecule has 0 spiro atoms. The van der Waals surface area contributed by atoms with E-state index in [4.69, 9.17) is 9.84 Å². The Labute approximate surface area is 209 Å². The number of likely N-dealkylation sites (tertiary alicyclic amines) is 1. The van der Waals surface area contributed by atoms with Crippen LogP contribution in [0.4, 0.5) is 4.39 Å². The van der Waals surface area contributed by atoms with Crippen LogP contribution in [0.1, 0.15) is 66.1 Å². The molecule has 1 aliphatic heterocycles. The van der Waals surface area contributed by atoms with E-state index in [9.17, 15) is 14.0 Å². The molecule has 2 fully saturated rings. The first-order valence-corrected chi connectivity index (χ1v) is 12.7. The number of rotatable bonds is 8. The van der Waals surface area contributed by atoms with Gasteiger partial charge in [0.25, 0.3) is 5.56 Å². The first-order chi connectivity index (χ1) is 17.4. The van der Waals surface area contributed by atoms with Crippen molar-refractivity contribution in [1.29, 1.82) is 0 Å². The summed E-state index contributed by atoms with van der Waals surface area (Å²) >= 11 is 0. The topological polar surface area (TPSA) is 71.8 Å². The third-order valence-electron chi connectivity index (χ3n) is 7.19. The van der Waals surface area contributed by atoms with Crippen LogP contribution in [0, 0.1) is 5.82 Å². The Balaban J connectivity index is 1.34. The quantitative estimate of drug-likeness (QED) is 0.454. The highest BCUT2D eigenvalue weighted by atomic mass is 19.1. The van der Waals surface area contributed by atoms with Gasteiger partial charge in [0.1, 0.15) is 11.6 Å². The number of benzene rings is 2. The van der Waals surface area contributed by atoms with E-state index in [1.54, 1.807) is 10.8 Å². The van der Waals surface area contributed by atoms with E-state index in [2.05, 4.69) is 17.0 Å². The zero-order valence-corrected chi connectivity index (χ0v) is 20.5. The molecule has 36 heavy (non-hydrogen) atoms. The van der Waals surface area contributed by atoms with Gasteiger partial charge in [0.15, 0.2) is 0 Å². The number of carboxylic acid groups (broad SMARTS) is 1. The van der Waals surface area contributed by atoms with Gasteiger partial charge in [-0.1, -0.05) is 18.2 Å². The van der Waals surface area contributed by atoms with E-state index in [0.717, 1.165) is 62.2 Å². The van der Waals surface area contributed by atoms with Crippen molar-refractivity contribution in [2.24, 2.45) is 0 Å². The molecule has 2 aromatic carbocycles. The lowest BCUT2D eigenvalue weighted by Gasteiger charge is -2.33. The predicted molar refractivity (Wildman–Crippen MR) is 136 cm³/mol. The van der Waals surface area contributed by atoms with Crippen LogP contribution in [-0.2, 0) is 6.54 Å². The molecule has 2 heterocycles. The molecule has 1 aliphatic carbocycles. The first kappa shape index (κ1) is 24.3. The monoisotopic (exact) mass is 490 g/mol. The molecular formula is C29H31FN2O4. The number of hydrogen-bond acceptors (Lipinski definition) is 4. The molecule has 188 valence electrons. The van der Waals surface area contributed by atoms with Crippen molar-refractivity contribution < 1.29 is 19.0 Å². The number of carbonyl (C=O) groups is 1. The molecule has 0 amide bonds. The third kappa shape index (κ3) is 5.21. The van der Waals surface area contributed by atoms with Gasteiger partial charge in [-0.05, 0) is 79.5 Å². The van der Waals surface area contributed by atoms with Gasteiger partial charge in [-0.2, -0.15) is 0 Å². The summed E-state index contributed by atoms with van der Waals surface area (Å²) in [6, 6.07) is 13.8. The maximum atomic E-state index is 13.6. The van der Waals surface area contributed by atoms with Crippen LogP contribution in [0.25, 0.3) is 11.1 Å². The van der Waals surface area contributed by atoms with Crippen LogP contribution in [-0.4, -0.2) is 40.2 Å². The number of aromatic nitrogens is 1. The molecule has 1 saturated heterocycles. The second kappa shape index (κ2) is 10.3. The summed E-state index contributed by atoms with van der Waals surface area (Å²) in [6.45, 7) is 5.03. The minimum Gasteiger partial charge on any atom is -0.493 e. The maximum Gasteiger partial charge on any atom is 0.335 e. The highest BCUT2D eigenvalue weighted by Gasteiger charge is 2.30. The number of piperidine rings is 1. The molecule has 7 heteroatoms. The average molecular weight is 491 g/mol. The van der Waals surface area contributed by atoms with Gasteiger partial charge in [0.2, 0.25) is 0 Å². The highest BCUT2D eigenvalue weighted by Crippen LogP contribution is 2.48. The number of carboxylic acids is 1. The van der Waals surface area contributed by atoms with Gasteiger partial charge in [-0.25, -0.2) is 9.18 Å². The van der Waals surface area contributed by atoms with Crippen LogP contribution >= 0.6 is 0 Å². The average Bonchev–Trinajstić information content (AvgIpc) is 3.71. The number of aromatic carboxylic acids is 1. The molecule has 1 aromatic heterocycles. The van der Waals surface area contributed by atoms with E-state index < -0.39 is 5.97 Å². The molecule has 0 atom stereocenters. The summed E-state index contributed by atoms with van der Waals surface area (Å²) < 4.78 is 21.3. The molecule has 1 saturated carbocycles. The molecule has 5 rings (SSSR count). The Kier molecular flexibility index (Phi) is 6.92. The van der Waals surface area contributed by atoms with Gasteiger partial charge in [0.05, 0.1) is 12.2 Å².